The molecule has 1 amide bonds. The summed E-state index contributed by atoms with van der Waals surface area (Å²) in [6.07, 6.45) is 0. The quantitative estimate of drug-likeness (QED) is 0.421. The van der Waals surface area contributed by atoms with Crippen LogP contribution >= 0.6 is 0 Å². The molecule has 4 rings (SSSR count). The van der Waals surface area contributed by atoms with Crippen LogP contribution in [0, 0.1) is 0 Å². The zero-order valence-corrected chi connectivity index (χ0v) is 16.9. The molecule has 4 aromatic rings. The fraction of sp³-hybridized carbons (Fsp3) is 0.0800. The lowest BCUT2D eigenvalue weighted by atomic mass is 10.0. The number of nitrogens with one attached hydrogen (secondary N) is 1. The molecule has 0 aliphatic rings. The van der Waals surface area contributed by atoms with Crippen LogP contribution in [0.4, 0.5) is 5.69 Å². The van der Waals surface area contributed by atoms with Crippen LogP contribution in [0.15, 0.2) is 89.5 Å². The van der Waals surface area contributed by atoms with Crippen LogP contribution in [0.1, 0.15) is 33.3 Å². The number of para-hydroxylation sites is 1. The molecule has 0 spiro atoms. The van der Waals surface area contributed by atoms with Crippen LogP contribution in [0.2, 0.25) is 0 Å². The first-order chi connectivity index (χ1) is 15.2. The van der Waals surface area contributed by atoms with E-state index in [-0.39, 0.29) is 11.5 Å². The smallest absolute Gasteiger partial charge is 0.277 e. The van der Waals surface area contributed by atoms with Gasteiger partial charge in [-0.3, -0.25) is 9.59 Å². The van der Waals surface area contributed by atoms with Gasteiger partial charge in [-0.25, -0.2) is 0 Å². The minimum absolute atomic E-state index is 0.117. The Balaban J connectivity index is 1.53. The van der Waals surface area contributed by atoms with Gasteiger partial charge in [0.05, 0.1) is 12.3 Å². The Morgan fingerprint density at radius 1 is 0.935 bits per heavy atom. The second kappa shape index (κ2) is 9.09. The number of rotatable bonds is 7. The highest BCUT2D eigenvalue weighted by Crippen LogP contribution is 2.24. The van der Waals surface area contributed by atoms with Crippen LogP contribution in [-0.2, 0) is 0 Å². The maximum absolute atomic E-state index is 12.9. The number of carbonyl (C=O) groups is 2. The fourth-order valence-electron chi connectivity index (χ4n) is 3.12. The molecule has 0 radical (unpaired) electrons. The maximum Gasteiger partial charge on any atom is 0.277 e. The van der Waals surface area contributed by atoms with Crippen LogP contribution in [0.25, 0.3) is 11.3 Å². The predicted octanol–water partition coefficient (Wildman–Crippen LogP) is 5.22. The number of ether oxygens (including phenoxy) is 1. The summed E-state index contributed by atoms with van der Waals surface area (Å²) in [6.45, 7) is 2.50. The van der Waals surface area contributed by atoms with E-state index >= 15 is 0 Å². The van der Waals surface area contributed by atoms with Crippen molar-refractivity contribution in [2.24, 2.45) is 0 Å². The van der Waals surface area contributed by atoms with Gasteiger partial charge >= 0.3 is 0 Å². The monoisotopic (exact) mass is 412 g/mol. The number of amides is 1. The molecule has 1 heterocycles. The molecule has 6 nitrogen and oxygen atoms in total. The Hall–Kier alpha value is -4.19. The SMILES string of the molecule is CCOc1ccc(-c2cc(C(=O)Nc3ccccc3C(=O)c3ccccc3)no2)cc1. The van der Waals surface area contributed by atoms with Crippen molar-refractivity contribution >= 4 is 17.4 Å². The summed E-state index contributed by atoms with van der Waals surface area (Å²) >= 11 is 0. The van der Waals surface area contributed by atoms with Gasteiger partial charge in [0.2, 0.25) is 0 Å². The molecule has 0 aliphatic heterocycles. The number of ketones is 1. The molecule has 3 aromatic carbocycles. The summed E-state index contributed by atoms with van der Waals surface area (Å²) in [4.78, 5) is 25.6. The fourth-order valence-corrected chi connectivity index (χ4v) is 3.12. The van der Waals surface area contributed by atoms with E-state index in [4.69, 9.17) is 9.26 Å². The molecule has 0 fully saturated rings. The first-order valence-electron chi connectivity index (χ1n) is 9.86. The number of nitrogens with zero attached hydrogens (tertiary/aromatic N) is 1. The molecule has 0 unspecified atom stereocenters. The van der Waals surface area contributed by atoms with E-state index in [0.29, 0.717) is 29.2 Å². The van der Waals surface area contributed by atoms with Gasteiger partial charge in [-0.05, 0) is 43.3 Å². The number of anilines is 1. The van der Waals surface area contributed by atoms with Gasteiger partial charge in [-0.2, -0.15) is 0 Å². The van der Waals surface area contributed by atoms with E-state index in [1.165, 1.54) is 0 Å². The van der Waals surface area contributed by atoms with Gasteiger partial charge in [0, 0.05) is 22.8 Å². The van der Waals surface area contributed by atoms with E-state index in [9.17, 15) is 9.59 Å². The summed E-state index contributed by atoms with van der Waals surface area (Å²) in [7, 11) is 0. The average molecular weight is 412 g/mol. The molecule has 0 saturated carbocycles. The van der Waals surface area contributed by atoms with Crippen LogP contribution < -0.4 is 10.1 Å². The lowest BCUT2D eigenvalue weighted by Crippen LogP contribution is -2.15. The van der Waals surface area contributed by atoms with Crippen molar-refractivity contribution in [1.82, 2.24) is 5.16 Å². The van der Waals surface area contributed by atoms with Gasteiger partial charge in [-0.15, -0.1) is 0 Å². The average Bonchev–Trinajstić information content (AvgIpc) is 3.31. The Morgan fingerprint density at radius 3 is 2.39 bits per heavy atom. The minimum atomic E-state index is -0.464. The van der Waals surface area contributed by atoms with Crippen molar-refractivity contribution in [2.45, 2.75) is 6.92 Å². The summed E-state index contributed by atoms with van der Waals surface area (Å²) in [5.41, 5.74) is 2.24. The lowest BCUT2D eigenvalue weighted by molar-refractivity contribution is 0.101. The number of carbonyl (C=O) groups excluding carboxylic acids is 2. The van der Waals surface area contributed by atoms with E-state index in [0.717, 1.165) is 11.3 Å². The normalized spacial score (nSPS) is 10.5. The van der Waals surface area contributed by atoms with Crippen LogP contribution in [0.3, 0.4) is 0 Å². The maximum atomic E-state index is 12.9. The largest absolute Gasteiger partial charge is 0.494 e. The molecule has 0 aliphatic carbocycles. The van der Waals surface area contributed by atoms with Gasteiger partial charge in [-0.1, -0.05) is 47.6 Å². The third-order valence-electron chi connectivity index (χ3n) is 4.65. The zero-order chi connectivity index (χ0) is 21.6. The van der Waals surface area contributed by atoms with Gasteiger partial charge in [0.1, 0.15) is 5.75 Å². The summed E-state index contributed by atoms with van der Waals surface area (Å²) in [5, 5.41) is 6.64. The van der Waals surface area contributed by atoms with E-state index in [2.05, 4.69) is 10.5 Å². The van der Waals surface area contributed by atoms with Crippen molar-refractivity contribution in [1.29, 1.82) is 0 Å². The van der Waals surface area contributed by atoms with E-state index < -0.39 is 5.91 Å². The van der Waals surface area contributed by atoms with Crippen molar-refractivity contribution in [2.75, 3.05) is 11.9 Å². The first kappa shape index (κ1) is 20.1. The van der Waals surface area contributed by atoms with Crippen LogP contribution in [0.5, 0.6) is 5.75 Å². The summed E-state index contributed by atoms with van der Waals surface area (Å²) in [6, 6.07) is 24.7. The van der Waals surface area contributed by atoms with Crippen molar-refractivity contribution in [3.8, 4) is 17.1 Å². The number of aromatic nitrogens is 1. The predicted molar refractivity (Wildman–Crippen MR) is 117 cm³/mol. The lowest BCUT2D eigenvalue weighted by Gasteiger charge is -2.09. The molecule has 154 valence electrons. The molecule has 1 N–H and O–H groups in total. The molecule has 0 atom stereocenters. The van der Waals surface area contributed by atoms with Gasteiger partial charge in [0.15, 0.2) is 17.2 Å². The standard InChI is InChI=1S/C25H20N2O4/c1-2-30-19-14-12-17(13-15-19)23-16-22(27-31-23)25(29)26-21-11-7-6-10-20(21)24(28)18-8-4-3-5-9-18/h3-16H,2H2,1H3,(H,26,29). The first-order valence-corrected chi connectivity index (χ1v) is 9.86. The summed E-state index contributed by atoms with van der Waals surface area (Å²) < 4.78 is 10.8. The summed E-state index contributed by atoms with van der Waals surface area (Å²) in [5.74, 6) is 0.575. The highest BCUT2D eigenvalue weighted by atomic mass is 16.5. The van der Waals surface area contributed by atoms with E-state index in [1.54, 1.807) is 54.6 Å². The topological polar surface area (TPSA) is 81.4 Å². The highest BCUT2D eigenvalue weighted by molar-refractivity contribution is 6.15. The Kier molecular flexibility index (Phi) is 5.89. The molecule has 1 aromatic heterocycles. The Labute approximate surface area is 179 Å². The Morgan fingerprint density at radius 2 is 1.65 bits per heavy atom. The molecule has 31 heavy (non-hydrogen) atoms. The molecule has 0 saturated heterocycles. The third kappa shape index (κ3) is 4.53. The molecule has 6 heteroatoms. The number of hydrogen-bond acceptors (Lipinski definition) is 5. The van der Waals surface area contributed by atoms with Crippen molar-refractivity contribution in [3.05, 3.63) is 102 Å². The van der Waals surface area contributed by atoms with Gasteiger partial charge in [0.25, 0.3) is 5.91 Å². The Bertz CT molecular complexity index is 1200. The molecule has 0 bridgehead atoms. The zero-order valence-electron chi connectivity index (χ0n) is 16.9. The van der Waals surface area contributed by atoms with Crippen molar-refractivity contribution in [3.63, 3.8) is 0 Å². The number of hydrogen-bond donors (Lipinski definition) is 1. The second-order valence-electron chi connectivity index (χ2n) is 6.73. The number of benzene rings is 3. The van der Waals surface area contributed by atoms with Crippen molar-refractivity contribution < 1.29 is 18.8 Å². The van der Waals surface area contributed by atoms with Gasteiger partial charge < -0.3 is 14.6 Å². The second-order valence-corrected chi connectivity index (χ2v) is 6.73. The van der Waals surface area contributed by atoms with Crippen LogP contribution in [-0.4, -0.2) is 23.5 Å². The minimum Gasteiger partial charge on any atom is -0.494 e. The van der Waals surface area contributed by atoms with E-state index in [1.807, 2.05) is 37.3 Å². The molecular formula is C25H20N2O4. The molecular weight excluding hydrogens is 392 g/mol. The third-order valence-corrected chi connectivity index (χ3v) is 4.65. The highest BCUT2D eigenvalue weighted by Gasteiger charge is 2.18.